The van der Waals surface area contributed by atoms with Crippen LogP contribution in [0.1, 0.15) is 52.4 Å². The molecule has 0 bridgehead atoms. The number of ether oxygens (including phenoxy) is 1. The maximum absolute atomic E-state index is 5.03. The molecular weight excluding hydrogens is 226 g/mol. The Kier molecular flexibility index (Phi) is 13.7. The van der Waals surface area contributed by atoms with Crippen molar-refractivity contribution in [3.05, 3.63) is 0 Å². The van der Waals surface area contributed by atoms with E-state index in [1.54, 1.807) is 7.11 Å². The highest BCUT2D eigenvalue weighted by molar-refractivity contribution is 5.79. The molecule has 0 rings (SSSR count). The zero-order chi connectivity index (χ0) is 13.5. The van der Waals surface area contributed by atoms with Crippen LogP contribution in [0.4, 0.5) is 0 Å². The minimum absolute atomic E-state index is 0.866. The van der Waals surface area contributed by atoms with Crippen molar-refractivity contribution in [3.63, 3.8) is 0 Å². The van der Waals surface area contributed by atoms with Gasteiger partial charge in [0.2, 0.25) is 0 Å². The van der Waals surface area contributed by atoms with Gasteiger partial charge in [0.05, 0.1) is 0 Å². The standard InChI is InChI=1S/C14H31N3O/c1-4-6-8-11-16-14(15-5-2)17-12-9-7-10-13-18-3/h4-13H2,1-3H3,(H2,15,16,17). The summed E-state index contributed by atoms with van der Waals surface area (Å²) in [5, 5.41) is 6.65. The largest absolute Gasteiger partial charge is 0.385 e. The van der Waals surface area contributed by atoms with Crippen LogP contribution in [-0.4, -0.2) is 39.3 Å². The summed E-state index contributed by atoms with van der Waals surface area (Å²) in [6.07, 6.45) is 7.21. The van der Waals surface area contributed by atoms with Gasteiger partial charge in [0.25, 0.3) is 0 Å². The van der Waals surface area contributed by atoms with Gasteiger partial charge in [-0.15, -0.1) is 0 Å². The molecule has 0 heterocycles. The van der Waals surface area contributed by atoms with Crippen LogP contribution in [0.3, 0.4) is 0 Å². The highest BCUT2D eigenvalue weighted by Crippen LogP contribution is 1.95. The summed E-state index contributed by atoms with van der Waals surface area (Å²) in [7, 11) is 1.75. The number of rotatable bonds is 11. The Bertz CT molecular complexity index is 195. The van der Waals surface area contributed by atoms with E-state index in [2.05, 4.69) is 29.5 Å². The van der Waals surface area contributed by atoms with E-state index in [1.807, 2.05) is 0 Å². The fraction of sp³-hybridized carbons (Fsp3) is 0.929. The Morgan fingerprint density at radius 2 is 1.83 bits per heavy atom. The van der Waals surface area contributed by atoms with Crippen LogP contribution in [0.25, 0.3) is 0 Å². The molecule has 0 aliphatic rings. The van der Waals surface area contributed by atoms with E-state index in [0.29, 0.717) is 0 Å². The molecule has 4 nitrogen and oxygen atoms in total. The van der Waals surface area contributed by atoms with Crippen LogP contribution >= 0.6 is 0 Å². The fourth-order valence-corrected chi connectivity index (χ4v) is 1.65. The summed E-state index contributed by atoms with van der Waals surface area (Å²) in [5.41, 5.74) is 0. The first kappa shape index (κ1) is 17.2. The number of nitrogens with zero attached hydrogens (tertiary/aromatic N) is 1. The predicted octanol–water partition coefficient (Wildman–Crippen LogP) is 2.55. The quantitative estimate of drug-likeness (QED) is 0.340. The third-order valence-corrected chi connectivity index (χ3v) is 2.69. The molecule has 0 saturated carbocycles. The van der Waals surface area contributed by atoms with E-state index in [4.69, 9.17) is 4.74 Å². The topological polar surface area (TPSA) is 45.7 Å². The summed E-state index contributed by atoms with van der Waals surface area (Å²) < 4.78 is 5.03. The highest BCUT2D eigenvalue weighted by Gasteiger charge is 1.96. The molecule has 0 unspecified atom stereocenters. The second-order valence-corrected chi connectivity index (χ2v) is 4.45. The van der Waals surface area contributed by atoms with Gasteiger partial charge >= 0.3 is 0 Å². The molecule has 108 valence electrons. The molecule has 0 fully saturated rings. The smallest absolute Gasteiger partial charge is 0.191 e. The molecule has 0 aromatic carbocycles. The number of hydrogen-bond donors (Lipinski definition) is 2. The van der Waals surface area contributed by atoms with Crippen molar-refractivity contribution in [3.8, 4) is 0 Å². The first-order valence-electron chi connectivity index (χ1n) is 7.36. The maximum Gasteiger partial charge on any atom is 0.191 e. The molecule has 2 N–H and O–H groups in total. The SMILES string of the molecule is CCCCCN=C(NCC)NCCCCCOC. The van der Waals surface area contributed by atoms with Crippen LogP contribution in [0.2, 0.25) is 0 Å². The minimum Gasteiger partial charge on any atom is -0.385 e. The number of aliphatic imine (C=N–C) groups is 1. The van der Waals surface area contributed by atoms with Gasteiger partial charge in [-0.25, -0.2) is 0 Å². The van der Waals surface area contributed by atoms with Gasteiger partial charge in [0.15, 0.2) is 5.96 Å². The third-order valence-electron chi connectivity index (χ3n) is 2.69. The molecule has 0 aliphatic carbocycles. The van der Waals surface area contributed by atoms with Crippen LogP contribution in [0, 0.1) is 0 Å². The fourth-order valence-electron chi connectivity index (χ4n) is 1.65. The molecule has 4 heteroatoms. The first-order valence-corrected chi connectivity index (χ1v) is 7.36. The van der Waals surface area contributed by atoms with Crippen molar-refractivity contribution in [2.75, 3.05) is 33.4 Å². The lowest BCUT2D eigenvalue weighted by Crippen LogP contribution is -2.37. The summed E-state index contributed by atoms with van der Waals surface area (Å²) in [4.78, 5) is 4.55. The lowest BCUT2D eigenvalue weighted by atomic mass is 10.2. The molecule has 0 amide bonds. The van der Waals surface area contributed by atoms with E-state index in [1.165, 1.54) is 32.1 Å². The van der Waals surface area contributed by atoms with Crippen molar-refractivity contribution in [1.29, 1.82) is 0 Å². The average Bonchev–Trinajstić information content (AvgIpc) is 2.38. The van der Waals surface area contributed by atoms with E-state index >= 15 is 0 Å². The van der Waals surface area contributed by atoms with Crippen LogP contribution in [-0.2, 0) is 4.74 Å². The van der Waals surface area contributed by atoms with Crippen molar-refractivity contribution < 1.29 is 4.74 Å². The number of nitrogens with one attached hydrogen (secondary N) is 2. The summed E-state index contributed by atoms with van der Waals surface area (Å²) in [5.74, 6) is 0.959. The van der Waals surface area contributed by atoms with Gasteiger partial charge < -0.3 is 15.4 Å². The van der Waals surface area contributed by atoms with Crippen molar-refractivity contribution in [1.82, 2.24) is 10.6 Å². The Morgan fingerprint density at radius 1 is 1.00 bits per heavy atom. The van der Waals surface area contributed by atoms with Crippen LogP contribution in [0.15, 0.2) is 4.99 Å². The summed E-state index contributed by atoms with van der Waals surface area (Å²) in [6.45, 7) is 8.01. The lowest BCUT2D eigenvalue weighted by molar-refractivity contribution is 0.192. The number of unbranched alkanes of at least 4 members (excludes halogenated alkanes) is 4. The molecule has 0 radical (unpaired) electrons. The molecule has 0 aromatic rings. The number of methoxy groups -OCH3 is 1. The summed E-state index contributed by atoms with van der Waals surface area (Å²) >= 11 is 0. The minimum atomic E-state index is 0.866. The molecule has 0 aromatic heterocycles. The number of guanidine groups is 1. The average molecular weight is 257 g/mol. The van der Waals surface area contributed by atoms with Crippen molar-refractivity contribution in [2.24, 2.45) is 4.99 Å². The van der Waals surface area contributed by atoms with E-state index in [-0.39, 0.29) is 0 Å². The monoisotopic (exact) mass is 257 g/mol. The maximum atomic E-state index is 5.03. The molecule has 18 heavy (non-hydrogen) atoms. The Balaban J connectivity index is 3.61. The molecule has 0 spiro atoms. The second kappa shape index (κ2) is 14.3. The highest BCUT2D eigenvalue weighted by atomic mass is 16.5. The second-order valence-electron chi connectivity index (χ2n) is 4.45. The Hall–Kier alpha value is -0.770. The third kappa shape index (κ3) is 11.7. The van der Waals surface area contributed by atoms with Crippen molar-refractivity contribution >= 4 is 5.96 Å². The van der Waals surface area contributed by atoms with Gasteiger partial charge in [-0.3, -0.25) is 4.99 Å². The zero-order valence-electron chi connectivity index (χ0n) is 12.4. The lowest BCUT2D eigenvalue weighted by Gasteiger charge is -2.11. The van der Waals surface area contributed by atoms with Gasteiger partial charge in [0, 0.05) is 33.4 Å². The van der Waals surface area contributed by atoms with E-state index < -0.39 is 0 Å². The first-order chi connectivity index (χ1) is 8.85. The molecule has 0 aliphatic heterocycles. The summed E-state index contributed by atoms with van der Waals surface area (Å²) in [6, 6.07) is 0. The van der Waals surface area contributed by atoms with Gasteiger partial charge in [-0.05, 0) is 32.6 Å². The van der Waals surface area contributed by atoms with Gasteiger partial charge in [-0.2, -0.15) is 0 Å². The molecule has 0 saturated heterocycles. The van der Waals surface area contributed by atoms with Crippen LogP contribution in [0.5, 0.6) is 0 Å². The predicted molar refractivity (Wildman–Crippen MR) is 79.2 cm³/mol. The Morgan fingerprint density at radius 3 is 2.50 bits per heavy atom. The molecule has 0 atom stereocenters. The Labute approximate surface area is 113 Å². The van der Waals surface area contributed by atoms with E-state index in [9.17, 15) is 0 Å². The molecular formula is C14H31N3O. The van der Waals surface area contributed by atoms with Crippen LogP contribution < -0.4 is 10.6 Å². The van der Waals surface area contributed by atoms with Gasteiger partial charge in [0.1, 0.15) is 0 Å². The number of hydrogen-bond acceptors (Lipinski definition) is 2. The van der Waals surface area contributed by atoms with E-state index in [0.717, 1.165) is 38.6 Å². The van der Waals surface area contributed by atoms with Crippen molar-refractivity contribution in [2.45, 2.75) is 52.4 Å². The van der Waals surface area contributed by atoms with Gasteiger partial charge in [-0.1, -0.05) is 19.8 Å². The normalized spacial score (nSPS) is 11.6. The zero-order valence-corrected chi connectivity index (χ0v) is 12.4.